The number of aliphatic hydroxyl groups excluding tert-OH is 1. The lowest BCUT2D eigenvalue weighted by Gasteiger charge is -2.23. The normalized spacial score (nSPS) is 18.1. The third-order valence-corrected chi connectivity index (χ3v) is 4.43. The van der Waals surface area contributed by atoms with Crippen LogP contribution in [-0.4, -0.2) is 40.0 Å². The van der Waals surface area contributed by atoms with Gasteiger partial charge in [-0.25, -0.2) is 0 Å². The Balaban J connectivity index is 2.21. The number of likely N-dealkylation sites (tertiary alicyclic amines) is 1. The fourth-order valence-electron chi connectivity index (χ4n) is 3.19. The third-order valence-electron chi connectivity index (χ3n) is 4.43. The van der Waals surface area contributed by atoms with Gasteiger partial charge in [-0.05, 0) is 24.6 Å². The van der Waals surface area contributed by atoms with E-state index in [2.05, 4.69) is 0 Å². The summed E-state index contributed by atoms with van der Waals surface area (Å²) in [6, 6.07) is 13.7. The Labute approximate surface area is 161 Å². The van der Waals surface area contributed by atoms with Crippen molar-refractivity contribution in [2.24, 2.45) is 0 Å². The predicted molar refractivity (Wildman–Crippen MR) is 100 cm³/mol. The first-order valence-corrected chi connectivity index (χ1v) is 8.66. The van der Waals surface area contributed by atoms with E-state index in [0.29, 0.717) is 17.7 Å². The maximum atomic E-state index is 12.7. The molecule has 1 fully saturated rings. The highest BCUT2D eigenvalue weighted by Gasteiger charge is 2.46. The summed E-state index contributed by atoms with van der Waals surface area (Å²) in [7, 11) is 0. The van der Waals surface area contributed by atoms with Gasteiger partial charge in [-0.15, -0.1) is 0 Å². The average Bonchev–Trinajstić information content (AvgIpc) is 2.95. The SMILES string of the molecule is CCOc1cc([C@H]2C(=C(O)c3ccccc3)C(=O)C(=O)N2CC#N)ccc1O. The van der Waals surface area contributed by atoms with Crippen molar-refractivity contribution in [2.75, 3.05) is 13.2 Å². The highest BCUT2D eigenvalue weighted by molar-refractivity contribution is 6.46. The Hall–Kier alpha value is -3.79. The number of aliphatic hydroxyl groups is 1. The number of benzene rings is 2. The summed E-state index contributed by atoms with van der Waals surface area (Å²) in [5.74, 6) is -1.97. The maximum absolute atomic E-state index is 12.7. The van der Waals surface area contributed by atoms with E-state index in [9.17, 15) is 19.8 Å². The van der Waals surface area contributed by atoms with Gasteiger partial charge in [0.25, 0.3) is 11.7 Å². The molecule has 1 saturated heterocycles. The van der Waals surface area contributed by atoms with Gasteiger partial charge >= 0.3 is 0 Å². The van der Waals surface area contributed by atoms with Crippen LogP contribution in [0.2, 0.25) is 0 Å². The number of hydrogen-bond donors (Lipinski definition) is 2. The number of nitriles is 1. The number of ketones is 1. The lowest BCUT2D eigenvalue weighted by Crippen LogP contribution is -2.30. The highest BCUT2D eigenvalue weighted by Crippen LogP contribution is 2.41. The molecule has 2 N–H and O–H groups in total. The number of aromatic hydroxyl groups is 1. The maximum Gasteiger partial charge on any atom is 0.296 e. The standard InChI is InChI=1S/C21H18N2O5/c1-2-28-16-12-14(8-9-15(16)24)18-17(19(25)13-6-4-3-5-7-13)20(26)21(27)23(18)11-10-22/h3-9,12,18,24-25H,2,11H2,1H3/t18-/m0/s1. The van der Waals surface area contributed by atoms with Crippen LogP contribution < -0.4 is 4.74 Å². The summed E-state index contributed by atoms with van der Waals surface area (Å²) in [6.45, 7) is 1.73. The van der Waals surface area contributed by atoms with E-state index in [1.165, 1.54) is 18.2 Å². The second-order valence-corrected chi connectivity index (χ2v) is 6.11. The molecule has 28 heavy (non-hydrogen) atoms. The van der Waals surface area contributed by atoms with Crippen LogP contribution in [0.5, 0.6) is 11.5 Å². The molecule has 142 valence electrons. The van der Waals surface area contributed by atoms with E-state index in [-0.39, 0.29) is 29.4 Å². The van der Waals surface area contributed by atoms with Crippen molar-refractivity contribution < 1.29 is 24.5 Å². The van der Waals surface area contributed by atoms with Crippen LogP contribution in [0.1, 0.15) is 24.1 Å². The summed E-state index contributed by atoms with van der Waals surface area (Å²) in [4.78, 5) is 26.3. The van der Waals surface area contributed by atoms with E-state index < -0.39 is 17.7 Å². The second-order valence-electron chi connectivity index (χ2n) is 6.11. The Morgan fingerprint density at radius 2 is 1.93 bits per heavy atom. The number of rotatable bonds is 5. The Kier molecular flexibility index (Phi) is 5.32. The smallest absolute Gasteiger partial charge is 0.296 e. The Morgan fingerprint density at radius 1 is 1.21 bits per heavy atom. The van der Waals surface area contributed by atoms with Crippen LogP contribution in [-0.2, 0) is 9.59 Å². The largest absolute Gasteiger partial charge is 0.507 e. The molecule has 0 aliphatic carbocycles. The number of phenols is 1. The van der Waals surface area contributed by atoms with Gasteiger partial charge in [0.2, 0.25) is 0 Å². The molecule has 0 bridgehead atoms. The minimum Gasteiger partial charge on any atom is -0.507 e. The predicted octanol–water partition coefficient (Wildman–Crippen LogP) is 2.74. The van der Waals surface area contributed by atoms with Gasteiger partial charge in [-0.2, -0.15) is 5.26 Å². The van der Waals surface area contributed by atoms with Gasteiger partial charge in [0.15, 0.2) is 11.5 Å². The number of amides is 1. The summed E-state index contributed by atoms with van der Waals surface area (Å²) in [6.07, 6.45) is 0. The molecule has 2 aromatic rings. The van der Waals surface area contributed by atoms with Gasteiger partial charge in [-0.1, -0.05) is 36.4 Å². The zero-order valence-corrected chi connectivity index (χ0v) is 15.1. The number of ether oxygens (including phenoxy) is 1. The lowest BCUT2D eigenvalue weighted by molar-refractivity contribution is -0.139. The molecule has 1 amide bonds. The minimum absolute atomic E-state index is 0.0918. The van der Waals surface area contributed by atoms with Crippen molar-refractivity contribution in [1.29, 1.82) is 5.26 Å². The van der Waals surface area contributed by atoms with Gasteiger partial charge in [0, 0.05) is 5.56 Å². The van der Waals surface area contributed by atoms with Gasteiger partial charge in [0.05, 0.1) is 24.3 Å². The van der Waals surface area contributed by atoms with E-state index in [0.717, 1.165) is 4.90 Å². The Morgan fingerprint density at radius 3 is 2.57 bits per heavy atom. The third kappa shape index (κ3) is 3.28. The van der Waals surface area contributed by atoms with Gasteiger partial charge < -0.3 is 19.8 Å². The van der Waals surface area contributed by atoms with Gasteiger partial charge in [0.1, 0.15) is 12.3 Å². The van der Waals surface area contributed by atoms with Crippen LogP contribution >= 0.6 is 0 Å². The molecule has 2 aromatic carbocycles. The summed E-state index contributed by atoms with van der Waals surface area (Å²) >= 11 is 0. The lowest BCUT2D eigenvalue weighted by atomic mass is 9.95. The number of carbonyl (C=O) groups is 2. The molecule has 7 heteroatoms. The Bertz CT molecular complexity index is 992. The molecule has 1 aliphatic rings. The van der Waals surface area contributed by atoms with Crippen LogP contribution in [0.3, 0.4) is 0 Å². The first kappa shape index (κ1) is 19.0. The number of phenolic OH excluding ortho intramolecular Hbond substituents is 1. The van der Waals surface area contributed by atoms with E-state index >= 15 is 0 Å². The topological polar surface area (TPSA) is 111 Å². The van der Waals surface area contributed by atoms with Crippen molar-refractivity contribution in [3.05, 3.63) is 65.2 Å². The van der Waals surface area contributed by atoms with Crippen molar-refractivity contribution >= 4 is 17.4 Å². The zero-order chi connectivity index (χ0) is 20.3. The molecule has 0 unspecified atom stereocenters. The molecular weight excluding hydrogens is 360 g/mol. The molecule has 0 spiro atoms. The molecule has 7 nitrogen and oxygen atoms in total. The van der Waals surface area contributed by atoms with E-state index in [4.69, 9.17) is 10.00 Å². The zero-order valence-electron chi connectivity index (χ0n) is 15.1. The fraction of sp³-hybridized carbons (Fsp3) is 0.190. The number of nitrogens with zero attached hydrogens (tertiary/aromatic N) is 2. The minimum atomic E-state index is -0.973. The number of carbonyl (C=O) groups excluding carboxylic acids is 2. The van der Waals surface area contributed by atoms with Crippen molar-refractivity contribution in [3.8, 4) is 17.6 Å². The molecular formula is C21H18N2O5. The molecule has 1 aliphatic heterocycles. The number of hydrogen-bond acceptors (Lipinski definition) is 6. The second kappa shape index (κ2) is 7.84. The van der Waals surface area contributed by atoms with Crippen LogP contribution in [0.25, 0.3) is 5.76 Å². The first-order chi connectivity index (χ1) is 13.5. The molecule has 0 aromatic heterocycles. The summed E-state index contributed by atoms with van der Waals surface area (Å²) < 4.78 is 5.38. The van der Waals surface area contributed by atoms with Crippen molar-refractivity contribution in [1.82, 2.24) is 4.90 Å². The van der Waals surface area contributed by atoms with Gasteiger partial charge in [-0.3, -0.25) is 9.59 Å². The first-order valence-electron chi connectivity index (χ1n) is 8.66. The quantitative estimate of drug-likeness (QED) is 0.358. The van der Waals surface area contributed by atoms with Crippen molar-refractivity contribution in [3.63, 3.8) is 0 Å². The number of Topliss-reactive ketones (excluding diaryl/α,β-unsaturated/α-hetero) is 1. The van der Waals surface area contributed by atoms with Crippen LogP contribution in [0, 0.1) is 11.3 Å². The average molecular weight is 378 g/mol. The summed E-state index contributed by atoms with van der Waals surface area (Å²) in [5.41, 5.74) is 0.707. The monoisotopic (exact) mass is 378 g/mol. The fourth-order valence-corrected chi connectivity index (χ4v) is 3.19. The summed E-state index contributed by atoms with van der Waals surface area (Å²) in [5, 5.41) is 29.8. The highest BCUT2D eigenvalue weighted by atomic mass is 16.5. The molecule has 0 radical (unpaired) electrons. The molecule has 3 rings (SSSR count). The van der Waals surface area contributed by atoms with Crippen LogP contribution in [0.15, 0.2) is 54.1 Å². The van der Waals surface area contributed by atoms with E-state index in [1.54, 1.807) is 37.3 Å². The molecule has 1 heterocycles. The van der Waals surface area contributed by atoms with E-state index in [1.807, 2.05) is 6.07 Å². The molecule has 0 saturated carbocycles. The molecule has 1 atom stereocenters. The van der Waals surface area contributed by atoms with Crippen LogP contribution in [0.4, 0.5) is 0 Å². The van der Waals surface area contributed by atoms with Crippen molar-refractivity contribution in [2.45, 2.75) is 13.0 Å².